The van der Waals surface area contributed by atoms with Gasteiger partial charge in [-0.05, 0) is 25.0 Å². The van der Waals surface area contributed by atoms with E-state index in [0.717, 1.165) is 24.8 Å². The molecule has 1 aliphatic carbocycles. The molecule has 0 spiro atoms. The van der Waals surface area contributed by atoms with Gasteiger partial charge in [0.05, 0.1) is 13.2 Å². The number of halogens is 1. The quantitative estimate of drug-likeness (QED) is 0.944. The highest BCUT2D eigenvalue weighted by molar-refractivity contribution is 6.31. The van der Waals surface area contributed by atoms with Gasteiger partial charge in [-0.1, -0.05) is 11.6 Å². The Morgan fingerprint density at radius 3 is 3.05 bits per heavy atom. The van der Waals surface area contributed by atoms with Crippen molar-refractivity contribution in [1.29, 1.82) is 0 Å². The van der Waals surface area contributed by atoms with Crippen LogP contribution in [-0.4, -0.2) is 31.8 Å². The van der Waals surface area contributed by atoms with Gasteiger partial charge in [0.25, 0.3) is 5.91 Å². The summed E-state index contributed by atoms with van der Waals surface area (Å²) < 4.78 is 16.5. The third kappa shape index (κ3) is 2.16. The lowest BCUT2D eigenvalue weighted by Crippen LogP contribution is -2.53. The maximum absolute atomic E-state index is 12.4. The van der Waals surface area contributed by atoms with Crippen molar-refractivity contribution in [3.05, 3.63) is 29.0 Å². The molecule has 3 atom stereocenters. The molecule has 2 aromatic rings. The zero-order valence-electron chi connectivity index (χ0n) is 12.1. The SMILES string of the molecule is COc1cc(Cl)cc2cc(C(=O)N[C@@H]3C[C@H]4OCC[C@@H]34)oc12. The summed E-state index contributed by atoms with van der Waals surface area (Å²) in [6.45, 7) is 0.794. The maximum Gasteiger partial charge on any atom is 0.287 e. The van der Waals surface area contributed by atoms with E-state index >= 15 is 0 Å². The van der Waals surface area contributed by atoms with Crippen LogP contribution in [0.15, 0.2) is 22.6 Å². The molecule has 1 aliphatic heterocycles. The monoisotopic (exact) mass is 321 g/mol. The Bertz CT molecular complexity index is 741. The Labute approximate surface area is 132 Å². The fourth-order valence-electron chi connectivity index (χ4n) is 3.35. The van der Waals surface area contributed by atoms with Gasteiger partial charge in [0, 0.05) is 35.0 Å². The van der Waals surface area contributed by atoms with Crippen molar-refractivity contribution in [3.63, 3.8) is 0 Å². The number of nitrogens with one attached hydrogen (secondary N) is 1. The Morgan fingerprint density at radius 2 is 2.27 bits per heavy atom. The van der Waals surface area contributed by atoms with Crippen LogP contribution in [0.4, 0.5) is 0 Å². The molecule has 1 saturated carbocycles. The summed E-state index contributed by atoms with van der Waals surface area (Å²) in [4.78, 5) is 12.4. The number of methoxy groups -OCH3 is 1. The van der Waals surface area contributed by atoms with Crippen molar-refractivity contribution in [2.24, 2.45) is 5.92 Å². The smallest absolute Gasteiger partial charge is 0.287 e. The molecule has 1 amide bonds. The lowest BCUT2D eigenvalue weighted by atomic mass is 9.76. The number of ether oxygens (including phenoxy) is 2. The molecule has 6 heteroatoms. The molecule has 1 aromatic carbocycles. The number of hydrogen-bond acceptors (Lipinski definition) is 4. The molecule has 5 nitrogen and oxygen atoms in total. The van der Waals surface area contributed by atoms with Crippen LogP contribution in [0.1, 0.15) is 23.4 Å². The first-order chi connectivity index (χ1) is 10.7. The van der Waals surface area contributed by atoms with Crippen LogP contribution >= 0.6 is 11.6 Å². The van der Waals surface area contributed by atoms with Gasteiger partial charge in [-0.2, -0.15) is 0 Å². The van der Waals surface area contributed by atoms with Gasteiger partial charge in [0.2, 0.25) is 0 Å². The Morgan fingerprint density at radius 1 is 1.41 bits per heavy atom. The summed E-state index contributed by atoms with van der Waals surface area (Å²) >= 11 is 6.03. The van der Waals surface area contributed by atoms with Crippen LogP contribution in [0.25, 0.3) is 11.0 Å². The zero-order chi connectivity index (χ0) is 15.3. The first-order valence-corrected chi connectivity index (χ1v) is 7.73. The van der Waals surface area contributed by atoms with Gasteiger partial charge >= 0.3 is 0 Å². The molecular formula is C16H16ClNO4. The highest BCUT2D eigenvalue weighted by Crippen LogP contribution is 2.39. The van der Waals surface area contributed by atoms with E-state index in [4.69, 9.17) is 25.5 Å². The number of furan rings is 1. The van der Waals surface area contributed by atoms with Crippen molar-refractivity contribution in [1.82, 2.24) is 5.32 Å². The normalized spacial score (nSPS) is 26.5. The van der Waals surface area contributed by atoms with E-state index in [9.17, 15) is 4.79 Å². The lowest BCUT2D eigenvalue weighted by Gasteiger charge is -2.39. The molecule has 1 aromatic heterocycles. The van der Waals surface area contributed by atoms with Gasteiger partial charge in [0.15, 0.2) is 17.1 Å². The largest absolute Gasteiger partial charge is 0.493 e. The fraction of sp³-hybridized carbons (Fsp3) is 0.438. The van der Waals surface area contributed by atoms with E-state index in [2.05, 4.69) is 5.32 Å². The second-order valence-electron chi connectivity index (χ2n) is 5.81. The van der Waals surface area contributed by atoms with E-state index in [1.807, 2.05) is 0 Å². The number of carbonyl (C=O) groups excluding carboxylic acids is 1. The summed E-state index contributed by atoms with van der Waals surface area (Å²) in [6, 6.07) is 5.30. The molecule has 0 bridgehead atoms. The summed E-state index contributed by atoms with van der Waals surface area (Å²) in [6.07, 6.45) is 2.21. The minimum atomic E-state index is -0.204. The summed E-state index contributed by atoms with van der Waals surface area (Å²) in [5.74, 6) is 1.04. The highest BCUT2D eigenvalue weighted by Gasteiger charge is 2.46. The van der Waals surface area contributed by atoms with Crippen LogP contribution in [0, 0.1) is 5.92 Å². The molecule has 1 N–H and O–H groups in total. The average molecular weight is 322 g/mol. The minimum absolute atomic E-state index is 0.179. The predicted molar refractivity (Wildman–Crippen MR) is 81.5 cm³/mol. The number of amides is 1. The summed E-state index contributed by atoms with van der Waals surface area (Å²) in [5, 5.41) is 4.33. The third-order valence-corrected chi connectivity index (χ3v) is 4.79. The Hall–Kier alpha value is -1.72. The molecule has 0 unspecified atom stereocenters. The van der Waals surface area contributed by atoms with Crippen LogP contribution in [-0.2, 0) is 4.74 Å². The molecular weight excluding hydrogens is 306 g/mol. The van der Waals surface area contributed by atoms with E-state index in [0.29, 0.717) is 28.4 Å². The molecule has 2 fully saturated rings. The third-order valence-electron chi connectivity index (χ3n) is 4.57. The number of benzene rings is 1. The molecule has 2 aliphatic rings. The number of rotatable bonds is 3. The van der Waals surface area contributed by atoms with Crippen LogP contribution < -0.4 is 10.1 Å². The maximum atomic E-state index is 12.4. The number of hydrogen-bond donors (Lipinski definition) is 1. The molecule has 0 radical (unpaired) electrons. The number of carbonyl (C=O) groups is 1. The van der Waals surface area contributed by atoms with E-state index in [-0.39, 0.29) is 17.7 Å². The zero-order valence-corrected chi connectivity index (χ0v) is 12.9. The van der Waals surface area contributed by atoms with E-state index < -0.39 is 0 Å². The predicted octanol–water partition coefficient (Wildman–Crippen LogP) is 3.00. The molecule has 116 valence electrons. The highest BCUT2D eigenvalue weighted by atomic mass is 35.5. The van der Waals surface area contributed by atoms with E-state index in [1.54, 1.807) is 25.3 Å². The van der Waals surface area contributed by atoms with Gasteiger partial charge in [-0.15, -0.1) is 0 Å². The van der Waals surface area contributed by atoms with Gasteiger partial charge < -0.3 is 19.2 Å². The second kappa shape index (κ2) is 5.18. The minimum Gasteiger partial charge on any atom is -0.493 e. The van der Waals surface area contributed by atoms with Crippen molar-refractivity contribution >= 4 is 28.5 Å². The molecule has 2 heterocycles. The molecule has 4 rings (SSSR count). The topological polar surface area (TPSA) is 60.7 Å². The number of fused-ring (bicyclic) bond motifs is 2. The fourth-order valence-corrected chi connectivity index (χ4v) is 3.57. The first kappa shape index (κ1) is 13.9. The molecule has 1 saturated heterocycles. The van der Waals surface area contributed by atoms with Crippen molar-refractivity contribution in [2.45, 2.75) is 25.0 Å². The van der Waals surface area contributed by atoms with Crippen molar-refractivity contribution in [2.75, 3.05) is 13.7 Å². The Kier molecular flexibility index (Phi) is 3.27. The van der Waals surface area contributed by atoms with E-state index in [1.165, 1.54) is 0 Å². The van der Waals surface area contributed by atoms with Crippen molar-refractivity contribution in [3.8, 4) is 5.75 Å². The first-order valence-electron chi connectivity index (χ1n) is 7.35. The van der Waals surface area contributed by atoms with Crippen LogP contribution in [0.5, 0.6) is 5.75 Å². The van der Waals surface area contributed by atoms with Crippen molar-refractivity contribution < 1.29 is 18.7 Å². The van der Waals surface area contributed by atoms with Gasteiger partial charge in [-0.25, -0.2) is 0 Å². The standard InChI is InChI=1S/C16H16ClNO4/c1-20-13-6-9(17)4-8-5-14(22-15(8)13)16(19)18-11-7-12-10(11)2-3-21-12/h4-6,10-12H,2-3,7H2,1H3,(H,18,19)/t10-,11+,12+/m0/s1. The van der Waals surface area contributed by atoms with Gasteiger partial charge in [0.1, 0.15) is 0 Å². The lowest BCUT2D eigenvalue weighted by molar-refractivity contribution is 0.00775. The Balaban J connectivity index is 1.57. The van der Waals surface area contributed by atoms with Crippen LogP contribution in [0.3, 0.4) is 0 Å². The summed E-state index contributed by atoms with van der Waals surface area (Å²) in [7, 11) is 1.54. The second-order valence-corrected chi connectivity index (χ2v) is 6.25. The molecule has 22 heavy (non-hydrogen) atoms. The van der Waals surface area contributed by atoms with Gasteiger partial charge in [-0.3, -0.25) is 4.79 Å². The average Bonchev–Trinajstić information content (AvgIpc) is 3.07. The van der Waals surface area contributed by atoms with Crippen LogP contribution in [0.2, 0.25) is 5.02 Å². The summed E-state index contributed by atoms with van der Waals surface area (Å²) in [5.41, 5.74) is 0.535.